The van der Waals surface area contributed by atoms with Gasteiger partial charge in [-0.3, -0.25) is 14.2 Å². The first-order valence-electron chi connectivity index (χ1n) is 10.6. The van der Waals surface area contributed by atoms with Crippen LogP contribution in [0.3, 0.4) is 0 Å². The maximum Gasteiger partial charge on any atom is 0.271 e. The molecule has 2 aromatic heterocycles. The van der Waals surface area contributed by atoms with Gasteiger partial charge in [0.05, 0.1) is 29.0 Å². The molecule has 0 spiro atoms. The fourth-order valence-electron chi connectivity index (χ4n) is 3.96. The lowest BCUT2D eigenvalue weighted by molar-refractivity contribution is -0.113. The number of methoxy groups -OCH3 is 1. The molecule has 5 rings (SSSR count). The standard InChI is InChI=1S/C26H21N3O3S2/c1-16-22(24(30)28-18-9-4-3-5-10-18)23(17-8-6-11-19(14-17)32-2)29-25(31)21(34-26(29)27-16)15-20-12-7-13-33-20/h3-15,23H,1-2H3,(H,28,30)/b21-15+/t23-/m0/s1. The molecular formula is C26H21N3O3S2. The Morgan fingerprint density at radius 1 is 1.12 bits per heavy atom. The Hall–Kier alpha value is -3.75. The van der Waals surface area contributed by atoms with Gasteiger partial charge < -0.3 is 10.1 Å². The van der Waals surface area contributed by atoms with Crippen LogP contribution in [0.2, 0.25) is 0 Å². The number of aromatic nitrogens is 1. The monoisotopic (exact) mass is 487 g/mol. The maximum absolute atomic E-state index is 13.6. The van der Waals surface area contributed by atoms with Gasteiger partial charge in [-0.05, 0) is 54.3 Å². The molecule has 34 heavy (non-hydrogen) atoms. The molecule has 0 radical (unpaired) electrons. The van der Waals surface area contributed by atoms with Gasteiger partial charge in [-0.2, -0.15) is 0 Å². The van der Waals surface area contributed by atoms with E-state index in [-0.39, 0.29) is 11.5 Å². The third kappa shape index (κ3) is 4.13. The molecular weight excluding hydrogens is 466 g/mol. The Bertz CT molecular complexity index is 1570. The van der Waals surface area contributed by atoms with Crippen LogP contribution in [-0.2, 0) is 4.79 Å². The first-order chi connectivity index (χ1) is 16.5. The summed E-state index contributed by atoms with van der Waals surface area (Å²) in [4.78, 5) is 33.4. The molecule has 1 aliphatic heterocycles. The molecule has 6 nitrogen and oxygen atoms in total. The van der Waals surface area contributed by atoms with Crippen molar-refractivity contribution >= 4 is 40.3 Å². The highest BCUT2D eigenvalue weighted by atomic mass is 32.1. The topological polar surface area (TPSA) is 72.7 Å². The smallest absolute Gasteiger partial charge is 0.271 e. The predicted molar refractivity (Wildman–Crippen MR) is 136 cm³/mol. The van der Waals surface area contributed by atoms with Crippen LogP contribution < -0.4 is 24.9 Å². The number of fused-ring (bicyclic) bond motifs is 1. The van der Waals surface area contributed by atoms with E-state index in [1.165, 1.54) is 11.3 Å². The van der Waals surface area contributed by atoms with E-state index in [4.69, 9.17) is 4.74 Å². The van der Waals surface area contributed by atoms with Crippen molar-refractivity contribution in [1.29, 1.82) is 0 Å². The van der Waals surface area contributed by atoms with Crippen molar-refractivity contribution in [2.45, 2.75) is 13.0 Å². The van der Waals surface area contributed by atoms with Gasteiger partial charge in [0.25, 0.3) is 11.5 Å². The third-order valence-electron chi connectivity index (χ3n) is 5.52. The molecule has 170 valence electrons. The van der Waals surface area contributed by atoms with Gasteiger partial charge in [0.15, 0.2) is 4.80 Å². The fourth-order valence-corrected chi connectivity index (χ4v) is 5.73. The van der Waals surface area contributed by atoms with E-state index in [1.807, 2.05) is 85.1 Å². The number of carbonyl (C=O) groups is 1. The van der Waals surface area contributed by atoms with E-state index < -0.39 is 6.04 Å². The quantitative estimate of drug-likeness (QED) is 0.463. The van der Waals surface area contributed by atoms with E-state index in [9.17, 15) is 9.59 Å². The van der Waals surface area contributed by atoms with Crippen molar-refractivity contribution in [2.24, 2.45) is 4.99 Å². The van der Waals surface area contributed by atoms with Crippen LogP contribution in [0, 0.1) is 0 Å². The van der Waals surface area contributed by atoms with Gasteiger partial charge >= 0.3 is 0 Å². The third-order valence-corrected chi connectivity index (χ3v) is 7.33. The van der Waals surface area contributed by atoms with Crippen molar-refractivity contribution in [3.8, 4) is 5.75 Å². The highest BCUT2D eigenvalue weighted by molar-refractivity contribution is 7.11. The Kier molecular flexibility index (Phi) is 6.00. The second kappa shape index (κ2) is 9.24. The summed E-state index contributed by atoms with van der Waals surface area (Å²) in [5, 5.41) is 4.93. The molecule has 0 bridgehead atoms. The van der Waals surface area contributed by atoms with Gasteiger partial charge in [-0.25, -0.2) is 4.99 Å². The summed E-state index contributed by atoms with van der Waals surface area (Å²) in [5.41, 5.74) is 2.27. The van der Waals surface area contributed by atoms with Crippen LogP contribution in [0.1, 0.15) is 23.4 Å². The minimum Gasteiger partial charge on any atom is -0.497 e. The number of nitrogens with zero attached hydrogens (tertiary/aromatic N) is 2. The lowest BCUT2D eigenvalue weighted by Crippen LogP contribution is -2.40. The number of allylic oxidation sites excluding steroid dienone is 1. The average Bonchev–Trinajstić information content (AvgIpc) is 3.47. The van der Waals surface area contributed by atoms with Crippen LogP contribution in [0.4, 0.5) is 5.69 Å². The average molecular weight is 488 g/mol. The van der Waals surface area contributed by atoms with Crippen LogP contribution >= 0.6 is 22.7 Å². The highest BCUT2D eigenvalue weighted by Crippen LogP contribution is 2.32. The number of para-hydroxylation sites is 1. The molecule has 8 heteroatoms. The Balaban J connectivity index is 1.70. The fraction of sp³-hybridized carbons (Fsp3) is 0.115. The Labute approximate surface area is 203 Å². The van der Waals surface area contributed by atoms with E-state index in [1.54, 1.807) is 23.0 Å². The SMILES string of the molecule is COc1cccc([C@H]2C(C(=O)Nc3ccccc3)=C(C)N=c3s/c(=C/c4cccs4)c(=O)n32)c1. The van der Waals surface area contributed by atoms with Crippen LogP contribution in [0.15, 0.2) is 93.2 Å². The number of anilines is 1. The number of hydrogen-bond acceptors (Lipinski definition) is 6. The lowest BCUT2D eigenvalue weighted by atomic mass is 9.95. The van der Waals surface area contributed by atoms with Crippen molar-refractivity contribution in [3.63, 3.8) is 0 Å². The van der Waals surface area contributed by atoms with Gasteiger partial charge in [0, 0.05) is 10.6 Å². The molecule has 1 atom stereocenters. The first kappa shape index (κ1) is 22.1. The molecule has 0 fully saturated rings. The molecule has 1 amide bonds. The summed E-state index contributed by atoms with van der Waals surface area (Å²) in [6, 6.07) is 20.0. The number of amides is 1. The molecule has 1 aliphatic rings. The van der Waals surface area contributed by atoms with Crippen molar-refractivity contribution in [3.05, 3.63) is 114 Å². The molecule has 4 aromatic rings. The molecule has 0 aliphatic carbocycles. The number of thiazole rings is 1. The van der Waals surface area contributed by atoms with E-state index >= 15 is 0 Å². The minimum atomic E-state index is -0.638. The van der Waals surface area contributed by atoms with Crippen LogP contribution in [0.25, 0.3) is 6.08 Å². The van der Waals surface area contributed by atoms with Crippen LogP contribution in [0.5, 0.6) is 5.75 Å². The molecule has 0 saturated heterocycles. The van der Waals surface area contributed by atoms with Crippen molar-refractivity contribution < 1.29 is 9.53 Å². The predicted octanol–water partition coefficient (Wildman–Crippen LogP) is 3.94. The van der Waals surface area contributed by atoms with Gasteiger partial charge in [-0.1, -0.05) is 47.7 Å². The number of benzene rings is 2. The number of nitrogens with one attached hydrogen (secondary N) is 1. The zero-order valence-corrected chi connectivity index (χ0v) is 20.2. The van der Waals surface area contributed by atoms with Crippen LogP contribution in [-0.4, -0.2) is 17.6 Å². The summed E-state index contributed by atoms with van der Waals surface area (Å²) in [5.74, 6) is 0.350. The largest absolute Gasteiger partial charge is 0.497 e. The second-order valence-electron chi connectivity index (χ2n) is 7.69. The number of thiophene rings is 1. The molecule has 0 saturated carbocycles. The zero-order chi connectivity index (χ0) is 23.7. The lowest BCUT2D eigenvalue weighted by Gasteiger charge is -2.25. The van der Waals surface area contributed by atoms with Crippen molar-refractivity contribution in [1.82, 2.24) is 4.57 Å². The molecule has 0 unspecified atom stereocenters. The highest BCUT2D eigenvalue weighted by Gasteiger charge is 2.32. The summed E-state index contributed by atoms with van der Waals surface area (Å²) < 4.78 is 7.62. The minimum absolute atomic E-state index is 0.178. The summed E-state index contributed by atoms with van der Waals surface area (Å²) in [6.07, 6.45) is 1.88. The number of ether oxygens (including phenoxy) is 1. The van der Waals surface area contributed by atoms with E-state index in [0.29, 0.717) is 32.0 Å². The number of carbonyl (C=O) groups excluding carboxylic acids is 1. The van der Waals surface area contributed by atoms with Gasteiger partial charge in [-0.15, -0.1) is 11.3 Å². The second-order valence-corrected chi connectivity index (χ2v) is 9.68. The summed E-state index contributed by atoms with van der Waals surface area (Å²) >= 11 is 2.89. The van der Waals surface area contributed by atoms with Gasteiger partial charge in [0.1, 0.15) is 5.75 Å². The first-order valence-corrected chi connectivity index (χ1v) is 12.3. The van der Waals surface area contributed by atoms with Crippen molar-refractivity contribution in [2.75, 3.05) is 12.4 Å². The molecule has 2 aromatic carbocycles. The Morgan fingerprint density at radius 2 is 1.94 bits per heavy atom. The normalized spacial score (nSPS) is 15.6. The summed E-state index contributed by atoms with van der Waals surface area (Å²) in [7, 11) is 1.59. The van der Waals surface area contributed by atoms with E-state index in [2.05, 4.69) is 10.3 Å². The Morgan fingerprint density at radius 3 is 2.68 bits per heavy atom. The number of rotatable bonds is 5. The van der Waals surface area contributed by atoms with E-state index in [0.717, 1.165) is 10.4 Å². The number of hydrogen-bond donors (Lipinski definition) is 1. The summed E-state index contributed by atoms with van der Waals surface area (Å²) in [6.45, 7) is 1.81. The molecule has 1 N–H and O–H groups in total. The molecule has 3 heterocycles. The maximum atomic E-state index is 13.6. The zero-order valence-electron chi connectivity index (χ0n) is 18.5. The van der Waals surface area contributed by atoms with Gasteiger partial charge in [0.2, 0.25) is 0 Å².